The lowest BCUT2D eigenvalue weighted by molar-refractivity contribution is 0.301. The van der Waals surface area contributed by atoms with Crippen LogP contribution in [0.2, 0.25) is 10.0 Å². The van der Waals surface area contributed by atoms with Gasteiger partial charge in [0.15, 0.2) is 0 Å². The predicted octanol–water partition coefficient (Wildman–Crippen LogP) is 5.00. The normalized spacial score (nSPS) is 11.1. The van der Waals surface area contributed by atoms with Gasteiger partial charge in [0.1, 0.15) is 12.4 Å². The zero-order valence-electron chi connectivity index (χ0n) is 14.9. The van der Waals surface area contributed by atoms with Crippen molar-refractivity contribution in [2.45, 2.75) is 27.0 Å². The maximum absolute atomic E-state index is 6.18. The van der Waals surface area contributed by atoms with Gasteiger partial charge in [-0.05, 0) is 42.9 Å². The molecule has 3 nitrogen and oxygen atoms in total. The highest BCUT2D eigenvalue weighted by molar-refractivity contribution is 6.35. The fourth-order valence-electron chi connectivity index (χ4n) is 2.58. The van der Waals surface area contributed by atoms with E-state index in [0.29, 0.717) is 16.7 Å². The average Bonchev–Trinajstić information content (AvgIpc) is 2.62. The van der Waals surface area contributed by atoms with E-state index in [1.54, 1.807) is 0 Å². The van der Waals surface area contributed by atoms with Crippen LogP contribution in [-0.2, 0) is 13.2 Å². The molecule has 0 unspecified atom stereocenters. The zero-order chi connectivity index (χ0) is 18.1. The molecule has 0 bridgehead atoms. The minimum Gasteiger partial charge on any atom is -0.489 e. The molecule has 0 amide bonds. The lowest BCUT2D eigenvalue weighted by Crippen LogP contribution is -2.31. The second-order valence-electron chi connectivity index (χ2n) is 5.84. The Balaban J connectivity index is 1.84. The molecule has 0 aliphatic heterocycles. The molecule has 0 spiro atoms. The molecule has 2 aromatic rings. The van der Waals surface area contributed by atoms with Gasteiger partial charge in [-0.2, -0.15) is 0 Å². The summed E-state index contributed by atoms with van der Waals surface area (Å²) in [6, 6.07) is 13.6. The molecule has 2 rings (SSSR count). The van der Waals surface area contributed by atoms with Gasteiger partial charge in [-0.25, -0.2) is 0 Å². The maximum Gasteiger partial charge on any atom is 0.120 e. The van der Waals surface area contributed by atoms with Crippen molar-refractivity contribution in [3.05, 3.63) is 63.6 Å². The molecule has 0 atom stereocenters. The van der Waals surface area contributed by atoms with Crippen molar-refractivity contribution in [3.63, 3.8) is 0 Å². The Kier molecular flexibility index (Phi) is 8.56. The first-order valence-corrected chi connectivity index (χ1v) is 9.47. The molecule has 0 aromatic heterocycles. The van der Waals surface area contributed by atoms with Crippen LogP contribution >= 0.6 is 23.2 Å². The van der Waals surface area contributed by atoms with Gasteiger partial charge in [0.2, 0.25) is 0 Å². The van der Waals surface area contributed by atoms with Gasteiger partial charge in [-0.1, -0.05) is 55.2 Å². The fourth-order valence-corrected chi connectivity index (χ4v) is 3.09. The van der Waals surface area contributed by atoms with Crippen molar-refractivity contribution in [1.82, 2.24) is 10.2 Å². The van der Waals surface area contributed by atoms with Crippen molar-refractivity contribution in [2.75, 3.05) is 26.2 Å². The molecule has 1 N–H and O–H groups in total. The predicted molar refractivity (Wildman–Crippen MR) is 107 cm³/mol. The number of hydrogen-bond donors (Lipinski definition) is 1. The Morgan fingerprint density at radius 3 is 2.36 bits per heavy atom. The van der Waals surface area contributed by atoms with E-state index in [1.807, 2.05) is 30.3 Å². The number of halogens is 2. The van der Waals surface area contributed by atoms with Gasteiger partial charge in [0.05, 0.1) is 0 Å². The van der Waals surface area contributed by atoms with Crippen molar-refractivity contribution >= 4 is 23.2 Å². The van der Waals surface area contributed by atoms with Crippen LogP contribution in [0.25, 0.3) is 0 Å². The molecule has 5 heteroatoms. The smallest absolute Gasteiger partial charge is 0.120 e. The first kappa shape index (κ1) is 20.1. The molecule has 0 aliphatic carbocycles. The van der Waals surface area contributed by atoms with E-state index in [4.69, 9.17) is 27.9 Å². The van der Waals surface area contributed by atoms with Gasteiger partial charge < -0.3 is 15.0 Å². The number of nitrogens with one attached hydrogen (secondary N) is 1. The number of likely N-dealkylation sites (N-methyl/N-ethyl adjacent to an activating group) is 1. The Morgan fingerprint density at radius 1 is 1.00 bits per heavy atom. The van der Waals surface area contributed by atoms with E-state index in [-0.39, 0.29) is 0 Å². The second-order valence-corrected chi connectivity index (χ2v) is 6.65. The van der Waals surface area contributed by atoms with Crippen LogP contribution in [0, 0.1) is 0 Å². The summed E-state index contributed by atoms with van der Waals surface area (Å²) in [5.41, 5.74) is 2.01. The Bertz CT molecular complexity index is 640. The van der Waals surface area contributed by atoms with Crippen molar-refractivity contribution in [2.24, 2.45) is 0 Å². The summed E-state index contributed by atoms with van der Waals surface area (Å²) in [6.45, 7) is 9.78. The molecule has 0 saturated heterocycles. The number of ether oxygens (including phenoxy) is 1. The molecular formula is C20H26Cl2N2O. The highest BCUT2D eigenvalue weighted by Gasteiger charge is 2.06. The van der Waals surface area contributed by atoms with Crippen LogP contribution in [0.1, 0.15) is 25.0 Å². The number of benzene rings is 2. The minimum absolute atomic E-state index is 0.358. The average molecular weight is 381 g/mol. The van der Waals surface area contributed by atoms with E-state index in [2.05, 4.69) is 36.2 Å². The second kappa shape index (κ2) is 10.7. The van der Waals surface area contributed by atoms with E-state index in [9.17, 15) is 0 Å². The Labute approximate surface area is 160 Å². The van der Waals surface area contributed by atoms with Crippen LogP contribution in [0.3, 0.4) is 0 Å². The van der Waals surface area contributed by atoms with Crippen LogP contribution in [0.4, 0.5) is 0 Å². The van der Waals surface area contributed by atoms with Crippen molar-refractivity contribution in [1.29, 1.82) is 0 Å². The molecule has 2 aromatic carbocycles. The van der Waals surface area contributed by atoms with Crippen LogP contribution in [-0.4, -0.2) is 31.1 Å². The van der Waals surface area contributed by atoms with Crippen LogP contribution < -0.4 is 10.1 Å². The molecule has 0 aliphatic rings. The maximum atomic E-state index is 6.18. The van der Waals surface area contributed by atoms with Crippen LogP contribution in [0.5, 0.6) is 5.75 Å². The van der Waals surface area contributed by atoms with E-state index in [1.165, 1.54) is 5.56 Å². The highest BCUT2D eigenvalue weighted by atomic mass is 35.5. The van der Waals surface area contributed by atoms with Gasteiger partial charge in [0.25, 0.3) is 0 Å². The summed E-state index contributed by atoms with van der Waals surface area (Å²) in [7, 11) is 0. The van der Waals surface area contributed by atoms with Crippen LogP contribution in [0.15, 0.2) is 42.5 Å². The first-order chi connectivity index (χ1) is 12.1. The minimum atomic E-state index is 0.358. The number of rotatable bonds is 10. The third-order valence-corrected chi connectivity index (χ3v) is 4.88. The zero-order valence-corrected chi connectivity index (χ0v) is 16.4. The number of hydrogen-bond acceptors (Lipinski definition) is 3. The topological polar surface area (TPSA) is 24.5 Å². The molecule has 0 radical (unpaired) electrons. The van der Waals surface area contributed by atoms with E-state index >= 15 is 0 Å². The summed E-state index contributed by atoms with van der Waals surface area (Å²) in [6.07, 6.45) is 0. The molecule has 0 fully saturated rings. The summed E-state index contributed by atoms with van der Waals surface area (Å²) >= 11 is 12.4. The Morgan fingerprint density at radius 2 is 1.68 bits per heavy atom. The highest BCUT2D eigenvalue weighted by Crippen LogP contribution is 2.26. The van der Waals surface area contributed by atoms with Gasteiger partial charge in [-0.15, -0.1) is 0 Å². The summed E-state index contributed by atoms with van der Waals surface area (Å²) in [4.78, 5) is 2.40. The van der Waals surface area contributed by atoms with Crippen molar-refractivity contribution < 1.29 is 4.74 Å². The lowest BCUT2D eigenvalue weighted by atomic mass is 10.2. The third kappa shape index (κ3) is 6.52. The number of nitrogens with zero attached hydrogens (tertiary/aromatic N) is 1. The van der Waals surface area contributed by atoms with Gasteiger partial charge >= 0.3 is 0 Å². The fraction of sp³-hybridized carbons (Fsp3) is 0.400. The Hall–Kier alpha value is -1.26. The van der Waals surface area contributed by atoms with E-state index < -0.39 is 0 Å². The quantitative estimate of drug-likeness (QED) is 0.586. The largest absolute Gasteiger partial charge is 0.489 e. The molecule has 0 heterocycles. The SMILES string of the molecule is CCN(CC)CCNCc1cccc(OCc2c(Cl)cccc2Cl)c1. The summed E-state index contributed by atoms with van der Waals surface area (Å²) in [5.74, 6) is 0.819. The lowest BCUT2D eigenvalue weighted by Gasteiger charge is -2.18. The van der Waals surface area contributed by atoms with E-state index in [0.717, 1.165) is 44.0 Å². The third-order valence-electron chi connectivity index (χ3n) is 4.17. The molecular weight excluding hydrogens is 355 g/mol. The molecule has 25 heavy (non-hydrogen) atoms. The molecule has 136 valence electrons. The van der Waals surface area contributed by atoms with Gasteiger partial charge in [-0.3, -0.25) is 0 Å². The van der Waals surface area contributed by atoms with Gasteiger partial charge in [0, 0.05) is 35.2 Å². The standard InChI is InChI=1S/C20H26Cl2N2O/c1-3-24(4-2)12-11-23-14-16-7-5-8-17(13-16)25-15-18-19(21)9-6-10-20(18)22/h5-10,13,23H,3-4,11-12,14-15H2,1-2H3. The first-order valence-electron chi connectivity index (χ1n) is 8.71. The summed E-state index contributed by atoms with van der Waals surface area (Å²) in [5, 5.41) is 4.73. The van der Waals surface area contributed by atoms with Crippen molar-refractivity contribution in [3.8, 4) is 5.75 Å². The summed E-state index contributed by atoms with van der Waals surface area (Å²) < 4.78 is 5.87. The monoisotopic (exact) mass is 380 g/mol. The molecule has 0 saturated carbocycles.